The number of benzene rings is 2. The fourth-order valence-electron chi connectivity index (χ4n) is 2.54. The zero-order valence-corrected chi connectivity index (χ0v) is 14.5. The van der Waals surface area contributed by atoms with Crippen molar-refractivity contribution in [1.82, 2.24) is 5.32 Å². The average Bonchev–Trinajstić information content (AvgIpc) is 2.58. The van der Waals surface area contributed by atoms with Crippen molar-refractivity contribution in [3.05, 3.63) is 65.2 Å². The van der Waals surface area contributed by atoms with Crippen molar-refractivity contribution >= 4 is 0 Å². The van der Waals surface area contributed by atoms with Gasteiger partial charge in [0.15, 0.2) is 0 Å². The Morgan fingerprint density at radius 2 is 1.70 bits per heavy atom. The minimum atomic E-state index is 0.619. The van der Waals surface area contributed by atoms with Crippen LogP contribution in [0, 0.1) is 6.92 Å². The second-order valence-corrected chi connectivity index (χ2v) is 6.12. The summed E-state index contributed by atoms with van der Waals surface area (Å²) in [5.41, 5.74) is 3.72. The Kier molecular flexibility index (Phi) is 7.68. The third-order valence-corrected chi connectivity index (χ3v) is 4.01. The van der Waals surface area contributed by atoms with Crippen molar-refractivity contribution in [2.24, 2.45) is 0 Å². The minimum Gasteiger partial charge on any atom is -0.489 e. The molecule has 23 heavy (non-hydrogen) atoms. The Bertz CT molecular complexity index is 562. The lowest BCUT2D eigenvalue weighted by molar-refractivity contribution is 0.302. The van der Waals surface area contributed by atoms with Crippen LogP contribution in [0.4, 0.5) is 0 Å². The van der Waals surface area contributed by atoms with Crippen molar-refractivity contribution in [2.45, 2.75) is 52.7 Å². The van der Waals surface area contributed by atoms with Crippen molar-refractivity contribution in [2.75, 3.05) is 6.54 Å². The molecule has 2 rings (SSSR count). The third-order valence-electron chi connectivity index (χ3n) is 4.01. The van der Waals surface area contributed by atoms with Crippen molar-refractivity contribution in [3.8, 4) is 5.75 Å². The molecule has 0 aliphatic carbocycles. The topological polar surface area (TPSA) is 21.3 Å². The van der Waals surface area contributed by atoms with Gasteiger partial charge in [-0.1, -0.05) is 74.2 Å². The zero-order chi connectivity index (χ0) is 16.3. The van der Waals surface area contributed by atoms with Gasteiger partial charge in [-0.2, -0.15) is 0 Å². The van der Waals surface area contributed by atoms with E-state index in [1.807, 2.05) is 6.07 Å². The van der Waals surface area contributed by atoms with Crippen LogP contribution in [0.2, 0.25) is 0 Å². The molecule has 0 aliphatic rings. The summed E-state index contributed by atoms with van der Waals surface area (Å²) in [6, 6.07) is 16.8. The normalized spacial score (nSPS) is 10.7. The first kappa shape index (κ1) is 17.6. The molecule has 2 heteroatoms. The highest BCUT2D eigenvalue weighted by Crippen LogP contribution is 2.19. The van der Waals surface area contributed by atoms with Gasteiger partial charge in [-0.05, 0) is 31.5 Å². The summed E-state index contributed by atoms with van der Waals surface area (Å²) in [5, 5.41) is 3.53. The van der Waals surface area contributed by atoms with Gasteiger partial charge in [0, 0.05) is 12.1 Å². The number of rotatable bonds is 10. The van der Waals surface area contributed by atoms with Gasteiger partial charge in [-0.15, -0.1) is 0 Å². The fraction of sp³-hybridized carbons (Fsp3) is 0.429. The highest BCUT2D eigenvalue weighted by molar-refractivity contribution is 5.33. The Labute approximate surface area is 140 Å². The second kappa shape index (κ2) is 10.1. The summed E-state index contributed by atoms with van der Waals surface area (Å²) in [5.74, 6) is 0.981. The molecule has 0 saturated carbocycles. The number of hydrogen-bond donors (Lipinski definition) is 1. The lowest BCUT2D eigenvalue weighted by Crippen LogP contribution is -2.15. The van der Waals surface area contributed by atoms with Crippen LogP contribution in [0.15, 0.2) is 48.5 Å². The van der Waals surface area contributed by atoms with Gasteiger partial charge < -0.3 is 10.1 Å². The molecule has 2 aromatic rings. The molecular weight excluding hydrogens is 282 g/mol. The number of unbranched alkanes of at least 4 members (excludes halogenated alkanes) is 3. The van der Waals surface area contributed by atoms with E-state index in [0.717, 1.165) is 18.8 Å². The molecule has 0 amide bonds. The molecule has 124 valence electrons. The smallest absolute Gasteiger partial charge is 0.124 e. The van der Waals surface area contributed by atoms with E-state index >= 15 is 0 Å². The summed E-state index contributed by atoms with van der Waals surface area (Å²) in [6.45, 7) is 6.91. The van der Waals surface area contributed by atoms with Gasteiger partial charge in [-0.3, -0.25) is 0 Å². The molecule has 0 unspecified atom stereocenters. The lowest BCUT2D eigenvalue weighted by atomic mass is 10.1. The van der Waals surface area contributed by atoms with Crippen molar-refractivity contribution in [3.63, 3.8) is 0 Å². The number of hydrogen-bond acceptors (Lipinski definition) is 2. The summed E-state index contributed by atoms with van der Waals surface area (Å²) in [7, 11) is 0. The molecule has 0 fully saturated rings. The summed E-state index contributed by atoms with van der Waals surface area (Å²) in [6.07, 6.45) is 5.18. The molecule has 0 aliphatic heterocycles. The van der Waals surface area contributed by atoms with E-state index in [2.05, 4.69) is 61.6 Å². The monoisotopic (exact) mass is 311 g/mol. The third kappa shape index (κ3) is 6.45. The second-order valence-electron chi connectivity index (χ2n) is 6.12. The number of para-hydroxylation sites is 1. The highest BCUT2D eigenvalue weighted by atomic mass is 16.5. The first-order valence-corrected chi connectivity index (χ1v) is 8.76. The van der Waals surface area contributed by atoms with Gasteiger partial charge in [0.1, 0.15) is 12.4 Å². The first-order valence-electron chi connectivity index (χ1n) is 8.76. The minimum absolute atomic E-state index is 0.619. The molecule has 0 aromatic heterocycles. The summed E-state index contributed by atoms with van der Waals surface area (Å²) >= 11 is 0. The molecule has 0 atom stereocenters. The highest BCUT2D eigenvalue weighted by Gasteiger charge is 2.03. The molecular formula is C21H29NO. The van der Waals surface area contributed by atoms with Gasteiger partial charge in [0.25, 0.3) is 0 Å². The van der Waals surface area contributed by atoms with E-state index in [-0.39, 0.29) is 0 Å². The Morgan fingerprint density at radius 1 is 0.913 bits per heavy atom. The molecule has 2 aromatic carbocycles. The first-order chi connectivity index (χ1) is 11.3. The fourth-order valence-corrected chi connectivity index (χ4v) is 2.54. The average molecular weight is 311 g/mol. The quantitative estimate of drug-likeness (QED) is 0.606. The van der Waals surface area contributed by atoms with Crippen LogP contribution in [0.1, 0.15) is 49.3 Å². The van der Waals surface area contributed by atoms with E-state index in [9.17, 15) is 0 Å². The lowest BCUT2D eigenvalue weighted by Gasteiger charge is -2.12. The Hall–Kier alpha value is -1.80. The summed E-state index contributed by atoms with van der Waals surface area (Å²) in [4.78, 5) is 0. The van der Waals surface area contributed by atoms with Crippen LogP contribution < -0.4 is 10.1 Å². The molecule has 0 saturated heterocycles. The van der Waals surface area contributed by atoms with E-state index in [0.29, 0.717) is 6.61 Å². The largest absolute Gasteiger partial charge is 0.489 e. The van der Waals surface area contributed by atoms with E-state index < -0.39 is 0 Å². The number of ether oxygens (including phenoxy) is 1. The van der Waals surface area contributed by atoms with Crippen LogP contribution in [0.3, 0.4) is 0 Å². The molecule has 0 heterocycles. The maximum absolute atomic E-state index is 6.02. The zero-order valence-electron chi connectivity index (χ0n) is 14.5. The molecule has 2 nitrogen and oxygen atoms in total. The number of aryl methyl sites for hydroxylation is 1. The molecule has 0 spiro atoms. The van der Waals surface area contributed by atoms with Crippen LogP contribution in [0.25, 0.3) is 0 Å². The molecule has 0 radical (unpaired) electrons. The van der Waals surface area contributed by atoms with E-state index in [1.165, 1.54) is 42.4 Å². The van der Waals surface area contributed by atoms with Gasteiger partial charge in [0.05, 0.1) is 0 Å². The van der Waals surface area contributed by atoms with Crippen molar-refractivity contribution in [1.29, 1.82) is 0 Å². The maximum Gasteiger partial charge on any atom is 0.124 e. The molecule has 1 N–H and O–H groups in total. The van der Waals surface area contributed by atoms with Gasteiger partial charge in [0.2, 0.25) is 0 Å². The number of nitrogens with one attached hydrogen (secondary N) is 1. The van der Waals surface area contributed by atoms with Crippen molar-refractivity contribution < 1.29 is 4.74 Å². The summed E-state index contributed by atoms with van der Waals surface area (Å²) < 4.78 is 6.02. The standard InChI is InChI=1S/C21H29NO/c1-3-4-5-8-15-22-16-20-9-6-7-10-21(20)23-17-19-13-11-18(2)12-14-19/h6-7,9-14,22H,3-5,8,15-17H2,1-2H3. The Morgan fingerprint density at radius 3 is 2.48 bits per heavy atom. The molecule has 0 bridgehead atoms. The predicted octanol–water partition coefficient (Wildman–Crippen LogP) is 5.24. The van der Waals surface area contributed by atoms with Crippen LogP contribution >= 0.6 is 0 Å². The SMILES string of the molecule is CCCCCCNCc1ccccc1OCc1ccc(C)cc1. The van der Waals surface area contributed by atoms with Gasteiger partial charge in [-0.25, -0.2) is 0 Å². The predicted molar refractivity (Wildman–Crippen MR) is 97.8 cm³/mol. The van der Waals surface area contributed by atoms with E-state index in [4.69, 9.17) is 4.74 Å². The van der Waals surface area contributed by atoms with Crippen LogP contribution in [-0.4, -0.2) is 6.54 Å². The maximum atomic E-state index is 6.02. The Balaban J connectivity index is 1.81. The van der Waals surface area contributed by atoms with E-state index in [1.54, 1.807) is 0 Å². The van der Waals surface area contributed by atoms with Crippen LogP contribution in [-0.2, 0) is 13.2 Å². The van der Waals surface area contributed by atoms with Gasteiger partial charge >= 0.3 is 0 Å². The van der Waals surface area contributed by atoms with Crippen LogP contribution in [0.5, 0.6) is 5.75 Å².